The molecule has 0 aromatic rings. The Morgan fingerprint density at radius 1 is 1.22 bits per heavy atom. The van der Waals surface area contributed by atoms with Crippen LogP contribution in [-0.4, -0.2) is 24.5 Å². The van der Waals surface area contributed by atoms with E-state index in [1.807, 2.05) is 0 Å². The van der Waals surface area contributed by atoms with Gasteiger partial charge in [0.15, 0.2) is 0 Å². The average molecular weight is 130 g/mol. The molecule has 0 aromatic heterocycles. The van der Waals surface area contributed by atoms with E-state index in [-0.39, 0.29) is 6.15 Å². The summed E-state index contributed by atoms with van der Waals surface area (Å²) in [5.41, 5.74) is 0. The van der Waals surface area contributed by atoms with Crippen molar-refractivity contribution in [2.24, 2.45) is 0 Å². The molecule has 1 aliphatic rings. The highest BCUT2D eigenvalue weighted by atomic mass is 15.1. The Balaban J connectivity index is 0.000000640. The van der Waals surface area contributed by atoms with Gasteiger partial charge in [0.2, 0.25) is 0 Å². The van der Waals surface area contributed by atoms with E-state index >= 15 is 0 Å². The molecule has 9 heavy (non-hydrogen) atoms. The molecular weight excluding hydrogens is 112 g/mol. The smallest absolute Gasteiger partial charge is 0.00183 e. The van der Waals surface area contributed by atoms with Crippen LogP contribution in [0.15, 0.2) is 0 Å². The Kier molecular flexibility index (Phi) is 4.72. The molecule has 56 valence electrons. The second-order valence-corrected chi connectivity index (χ2v) is 2.55. The Bertz CT molecular complexity index is 57.9. The van der Waals surface area contributed by atoms with E-state index in [1.165, 1.54) is 38.9 Å². The van der Waals surface area contributed by atoms with Gasteiger partial charge in [-0.25, -0.2) is 0 Å². The third kappa shape index (κ3) is 2.82. The molecule has 0 radical (unpaired) electrons. The normalized spacial score (nSPS) is 19.7. The van der Waals surface area contributed by atoms with E-state index in [1.54, 1.807) is 0 Å². The Hall–Kier alpha value is -0.0800. The average Bonchev–Trinajstić information content (AvgIpc) is 2.19. The van der Waals surface area contributed by atoms with Crippen LogP contribution < -0.4 is 6.15 Å². The van der Waals surface area contributed by atoms with Crippen molar-refractivity contribution < 1.29 is 0 Å². The minimum Gasteiger partial charge on any atom is -0.344 e. The fraction of sp³-hybridized carbons (Fsp3) is 1.00. The van der Waals surface area contributed by atoms with Gasteiger partial charge in [0.05, 0.1) is 0 Å². The van der Waals surface area contributed by atoms with Gasteiger partial charge in [0.1, 0.15) is 0 Å². The summed E-state index contributed by atoms with van der Waals surface area (Å²) in [6.07, 6.45) is 4.18. The fourth-order valence-corrected chi connectivity index (χ4v) is 1.32. The van der Waals surface area contributed by atoms with Crippen molar-refractivity contribution in [1.29, 1.82) is 0 Å². The first kappa shape index (κ1) is 8.92. The summed E-state index contributed by atoms with van der Waals surface area (Å²) in [7, 11) is 0. The van der Waals surface area contributed by atoms with E-state index in [9.17, 15) is 0 Å². The molecule has 0 bridgehead atoms. The molecule has 0 aromatic carbocycles. The molecule has 0 unspecified atom stereocenters. The molecule has 1 rings (SSSR count). The monoisotopic (exact) mass is 130 g/mol. The van der Waals surface area contributed by atoms with Crippen molar-refractivity contribution in [1.82, 2.24) is 11.1 Å². The predicted molar refractivity (Wildman–Crippen MR) is 41.0 cm³/mol. The lowest BCUT2D eigenvalue weighted by Gasteiger charge is -2.11. The van der Waals surface area contributed by atoms with Gasteiger partial charge in [-0.15, -0.1) is 0 Å². The Morgan fingerprint density at radius 2 is 1.78 bits per heavy atom. The zero-order valence-electron chi connectivity index (χ0n) is 6.40. The fourth-order valence-electron chi connectivity index (χ4n) is 1.32. The number of hydrogen-bond donors (Lipinski definition) is 1. The molecule has 0 spiro atoms. The summed E-state index contributed by atoms with van der Waals surface area (Å²) < 4.78 is 0. The van der Waals surface area contributed by atoms with Crippen LogP contribution in [0.3, 0.4) is 0 Å². The minimum absolute atomic E-state index is 0. The highest BCUT2D eigenvalue weighted by molar-refractivity contribution is 4.64. The lowest BCUT2D eigenvalue weighted by molar-refractivity contribution is 0.339. The molecule has 2 nitrogen and oxygen atoms in total. The van der Waals surface area contributed by atoms with E-state index in [0.29, 0.717) is 0 Å². The molecule has 3 N–H and O–H groups in total. The first-order valence-corrected chi connectivity index (χ1v) is 3.66. The number of nitrogens with zero attached hydrogens (tertiary/aromatic N) is 1. The first-order valence-electron chi connectivity index (χ1n) is 3.66. The van der Waals surface area contributed by atoms with Gasteiger partial charge in [-0.1, -0.05) is 6.92 Å². The van der Waals surface area contributed by atoms with Crippen molar-refractivity contribution >= 4 is 0 Å². The molecule has 2 heteroatoms. The van der Waals surface area contributed by atoms with Crippen LogP contribution >= 0.6 is 0 Å². The number of rotatable bonds is 2. The van der Waals surface area contributed by atoms with Crippen LogP contribution in [-0.2, 0) is 0 Å². The van der Waals surface area contributed by atoms with Gasteiger partial charge in [-0.05, 0) is 38.9 Å². The predicted octanol–water partition coefficient (Wildman–Crippen LogP) is 1.65. The molecule has 1 heterocycles. The van der Waals surface area contributed by atoms with Gasteiger partial charge in [0.25, 0.3) is 0 Å². The van der Waals surface area contributed by atoms with Crippen molar-refractivity contribution in [3.63, 3.8) is 0 Å². The van der Waals surface area contributed by atoms with Crippen LogP contribution in [0.1, 0.15) is 26.2 Å². The van der Waals surface area contributed by atoms with Gasteiger partial charge in [-0.3, -0.25) is 0 Å². The van der Waals surface area contributed by atoms with Crippen LogP contribution in [0.4, 0.5) is 0 Å². The second kappa shape index (κ2) is 4.77. The first-order chi connectivity index (χ1) is 3.93. The van der Waals surface area contributed by atoms with Crippen molar-refractivity contribution in [2.75, 3.05) is 19.6 Å². The van der Waals surface area contributed by atoms with Gasteiger partial charge in [0, 0.05) is 0 Å². The quantitative estimate of drug-likeness (QED) is 0.617. The third-order valence-corrected chi connectivity index (χ3v) is 1.74. The minimum atomic E-state index is 0. The largest absolute Gasteiger partial charge is 0.344 e. The maximum absolute atomic E-state index is 2.54. The van der Waals surface area contributed by atoms with Crippen LogP contribution in [0, 0.1) is 0 Å². The summed E-state index contributed by atoms with van der Waals surface area (Å²) in [6.45, 7) is 6.28. The van der Waals surface area contributed by atoms with Crippen molar-refractivity contribution in [3.8, 4) is 0 Å². The Labute approximate surface area is 57.8 Å². The molecule has 0 atom stereocenters. The maximum Gasteiger partial charge on any atom is -0.00183 e. The van der Waals surface area contributed by atoms with E-state index in [4.69, 9.17) is 0 Å². The summed E-state index contributed by atoms with van der Waals surface area (Å²) in [6, 6.07) is 0. The van der Waals surface area contributed by atoms with Crippen LogP contribution in [0.2, 0.25) is 0 Å². The molecule has 1 aliphatic heterocycles. The summed E-state index contributed by atoms with van der Waals surface area (Å²) in [5, 5.41) is 0. The summed E-state index contributed by atoms with van der Waals surface area (Å²) in [4.78, 5) is 2.54. The SMILES string of the molecule is CCCN1CCCC1.N. The molecular formula is C7H18N2. The molecule has 0 saturated carbocycles. The van der Waals surface area contributed by atoms with E-state index < -0.39 is 0 Å². The lowest BCUT2D eigenvalue weighted by atomic mass is 10.4. The van der Waals surface area contributed by atoms with Crippen LogP contribution in [0.25, 0.3) is 0 Å². The number of likely N-dealkylation sites (tertiary alicyclic amines) is 1. The molecule has 1 saturated heterocycles. The summed E-state index contributed by atoms with van der Waals surface area (Å²) >= 11 is 0. The van der Waals surface area contributed by atoms with E-state index in [0.717, 1.165) is 0 Å². The zero-order chi connectivity index (χ0) is 5.82. The molecule has 0 amide bonds. The maximum atomic E-state index is 2.54. The molecule has 0 aliphatic carbocycles. The standard InChI is InChI=1S/C7H15N.H3N/c1-2-5-8-6-3-4-7-8;/h2-7H2,1H3;1H3. The highest BCUT2D eigenvalue weighted by Crippen LogP contribution is 2.06. The second-order valence-electron chi connectivity index (χ2n) is 2.55. The molecule has 1 fully saturated rings. The van der Waals surface area contributed by atoms with Gasteiger partial charge >= 0.3 is 0 Å². The van der Waals surface area contributed by atoms with Crippen molar-refractivity contribution in [2.45, 2.75) is 26.2 Å². The highest BCUT2D eigenvalue weighted by Gasteiger charge is 2.08. The van der Waals surface area contributed by atoms with Crippen molar-refractivity contribution in [3.05, 3.63) is 0 Å². The zero-order valence-corrected chi connectivity index (χ0v) is 6.40. The number of hydrogen-bond acceptors (Lipinski definition) is 2. The van der Waals surface area contributed by atoms with E-state index in [2.05, 4.69) is 11.8 Å². The van der Waals surface area contributed by atoms with Gasteiger partial charge in [-0.2, -0.15) is 0 Å². The van der Waals surface area contributed by atoms with Gasteiger partial charge < -0.3 is 11.1 Å². The summed E-state index contributed by atoms with van der Waals surface area (Å²) in [5.74, 6) is 0. The lowest BCUT2D eigenvalue weighted by Crippen LogP contribution is -2.19. The third-order valence-electron chi connectivity index (χ3n) is 1.74. The topological polar surface area (TPSA) is 38.2 Å². The Morgan fingerprint density at radius 3 is 2.22 bits per heavy atom. The van der Waals surface area contributed by atoms with Crippen LogP contribution in [0.5, 0.6) is 0 Å².